The number of hydrogen-bond acceptors (Lipinski definition) is 4. The van der Waals surface area contributed by atoms with Crippen molar-refractivity contribution in [3.63, 3.8) is 0 Å². The molecule has 0 saturated carbocycles. The van der Waals surface area contributed by atoms with E-state index in [1.807, 2.05) is 18.3 Å². The predicted molar refractivity (Wildman–Crippen MR) is 92.5 cm³/mol. The van der Waals surface area contributed by atoms with E-state index < -0.39 is 8.32 Å². The summed E-state index contributed by atoms with van der Waals surface area (Å²) in [6, 6.07) is 3.75. The SMILES string of the molecule is CC(C)(C)[Si](C)(C)OCC/C(=C\N1CCOC1=O)c1ccco1. The molecule has 0 unspecified atom stereocenters. The molecule has 2 rings (SSSR count). The minimum Gasteiger partial charge on any atom is -0.465 e. The molecule has 23 heavy (non-hydrogen) atoms. The van der Waals surface area contributed by atoms with Crippen LogP contribution >= 0.6 is 0 Å². The lowest BCUT2D eigenvalue weighted by Crippen LogP contribution is -2.41. The molecule has 1 fully saturated rings. The Morgan fingerprint density at radius 1 is 1.43 bits per heavy atom. The lowest BCUT2D eigenvalue weighted by molar-refractivity contribution is 0.166. The van der Waals surface area contributed by atoms with E-state index in [9.17, 15) is 4.79 Å². The van der Waals surface area contributed by atoms with Gasteiger partial charge >= 0.3 is 6.09 Å². The highest BCUT2D eigenvalue weighted by Gasteiger charge is 2.37. The lowest BCUT2D eigenvalue weighted by atomic mass is 10.1. The topological polar surface area (TPSA) is 51.9 Å². The number of furan rings is 1. The molecule has 2 heterocycles. The second kappa shape index (κ2) is 6.92. The summed E-state index contributed by atoms with van der Waals surface area (Å²) in [5.41, 5.74) is 0.951. The molecule has 0 N–H and O–H groups in total. The van der Waals surface area contributed by atoms with Crippen LogP contribution in [-0.2, 0) is 9.16 Å². The number of ether oxygens (including phenoxy) is 1. The molecular weight excluding hydrogens is 310 g/mol. The maximum absolute atomic E-state index is 11.6. The van der Waals surface area contributed by atoms with Gasteiger partial charge in [-0.25, -0.2) is 4.79 Å². The largest absolute Gasteiger partial charge is 0.465 e. The third kappa shape index (κ3) is 4.48. The zero-order valence-electron chi connectivity index (χ0n) is 14.7. The molecule has 0 radical (unpaired) electrons. The van der Waals surface area contributed by atoms with E-state index in [1.165, 1.54) is 0 Å². The van der Waals surface area contributed by atoms with Crippen LogP contribution in [-0.4, -0.2) is 39.1 Å². The maximum atomic E-state index is 11.6. The molecule has 0 bridgehead atoms. The fourth-order valence-electron chi connectivity index (χ4n) is 2.06. The molecule has 1 aliphatic rings. The zero-order valence-corrected chi connectivity index (χ0v) is 15.7. The summed E-state index contributed by atoms with van der Waals surface area (Å²) in [7, 11) is -1.78. The molecule has 0 atom stereocenters. The Labute approximate surface area is 139 Å². The van der Waals surface area contributed by atoms with Crippen LogP contribution in [0.1, 0.15) is 33.0 Å². The molecule has 1 amide bonds. The standard InChI is InChI=1S/C17H27NO4Si/c1-17(2,3)23(4,5)22-11-8-14(15-7-6-10-20-15)13-18-9-12-21-16(18)19/h6-7,10,13H,8-9,11-12H2,1-5H3/b14-13+. The van der Waals surface area contributed by atoms with Gasteiger partial charge in [-0.15, -0.1) is 0 Å². The molecule has 1 aromatic rings. The Hall–Kier alpha value is -1.53. The number of cyclic esters (lactones) is 1. The van der Waals surface area contributed by atoms with Gasteiger partial charge in [0.25, 0.3) is 0 Å². The van der Waals surface area contributed by atoms with Gasteiger partial charge in [-0.2, -0.15) is 0 Å². The third-order valence-electron chi connectivity index (χ3n) is 4.58. The van der Waals surface area contributed by atoms with Gasteiger partial charge in [-0.1, -0.05) is 20.8 Å². The van der Waals surface area contributed by atoms with Gasteiger partial charge < -0.3 is 13.6 Å². The minimum absolute atomic E-state index is 0.181. The zero-order chi connectivity index (χ0) is 17.1. The van der Waals surface area contributed by atoms with Crippen molar-refractivity contribution in [2.45, 2.75) is 45.3 Å². The fourth-order valence-corrected chi connectivity index (χ4v) is 3.10. The summed E-state index contributed by atoms with van der Waals surface area (Å²) in [5, 5.41) is 0.181. The third-order valence-corrected chi connectivity index (χ3v) is 9.12. The lowest BCUT2D eigenvalue weighted by Gasteiger charge is -2.36. The molecule has 0 spiro atoms. The molecule has 1 aromatic heterocycles. The van der Waals surface area contributed by atoms with Crippen LogP contribution in [0.15, 0.2) is 29.0 Å². The van der Waals surface area contributed by atoms with Crippen molar-refractivity contribution in [1.29, 1.82) is 0 Å². The Morgan fingerprint density at radius 3 is 2.70 bits per heavy atom. The first-order chi connectivity index (χ1) is 10.7. The normalized spacial score (nSPS) is 16.8. The second-order valence-corrected chi connectivity index (χ2v) is 12.1. The second-order valence-electron chi connectivity index (χ2n) is 7.30. The molecule has 0 aromatic carbocycles. The van der Waals surface area contributed by atoms with Crippen LogP contribution in [0, 0.1) is 0 Å². The van der Waals surface area contributed by atoms with E-state index in [-0.39, 0.29) is 11.1 Å². The summed E-state index contributed by atoms with van der Waals surface area (Å²) in [4.78, 5) is 13.2. The van der Waals surface area contributed by atoms with Gasteiger partial charge in [0.15, 0.2) is 8.32 Å². The monoisotopic (exact) mass is 337 g/mol. The molecule has 1 aliphatic heterocycles. The fraction of sp³-hybridized carbons (Fsp3) is 0.588. The van der Waals surface area contributed by atoms with Crippen LogP contribution in [0.5, 0.6) is 0 Å². The average molecular weight is 337 g/mol. The molecule has 0 aliphatic carbocycles. The van der Waals surface area contributed by atoms with E-state index in [0.29, 0.717) is 26.2 Å². The molecular formula is C17H27NO4Si. The Bertz CT molecular complexity index is 558. The van der Waals surface area contributed by atoms with Gasteiger partial charge in [0.1, 0.15) is 12.4 Å². The Morgan fingerprint density at radius 2 is 2.17 bits per heavy atom. The van der Waals surface area contributed by atoms with Crippen molar-refractivity contribution in [3.8, 4) is 0 Å². The minimum atomic E-state index is -1.78. The van der Waals surface area contributed by atoms with Gasteiger partial charge in [-0.3, -0.25) is 4.90 Å². The van der Waals surface area contributed by atoms with E-state index >= 15 is 0 Å². The van der Waals surface area contributed by atoms with Crippen molar-refractivity contribution < 1.29 is 18.4 Å². The predicted octanol–water partition coefficient (Wildman–Crippen LogP) is 4.48. The summed E-state index contributed by atoms with van der Waals surface area (Å²) in [6.07, 6.45) is 3.85. The van der Waals surface area contributed by atoms with Crippen molar-refractivity contribution in [2.24, 2.45) is 0 Å². The Kier molecular flexibility index (Phi) is 5.36. The molecule has 128 valence electrons. The summed E-state index contributed by atoms with van der Waals surface area (Å²) >= 11 is 0. The van der Waals surface area contributed by atoms with E-state index in [2.05, 4.69) is 33.9 Å². The van der Waals surface area contributed by atoms with Crippen molar-refractivity contribution in [2.75, 3.05) is 19.8 Å². The molecule has 6 heteroatoms. The van der Waals surface area contributed by atoms with E-state index in [1.54, 1.807) is 11.2 Å². The van der Waals surface area contributed by atoms with Crippen LogP contribution in [0.25, 0.3) is 5.57 Å². The van der Waals surface area contributed by atoms with Crippen LogP contribution in [0.3, 0.4) is 0 Å². The highest BCUT2D eigenvalue weighted by Crippen LogP contribution is 2.37. The highest BCUT2D eigenvalue weighted by atomic mass is 28.4. The highest BCUT2D eigenvalue weighted by molar-refractivity contribution is 6.74. The van der Waals surface area contributed by atoms with Crippen molar-refractivity contribution >= 4 is 20.0 Å². The Balaban J connectivity index is 2.05. The van der Waals surface area contributed by atoms with Gasteiger partial charge in [0, 0.05) is 18.4 Å². The first-order valence-electron chi connectivity index (χ1n) is 8.03. The smallest absolute Gasteiger partial charge is 0.413 e. The van der Waals surface area contributed by atoms with Crippen molar-refractivity contribution in [3.05, 3.63) is 30.4 Å². The molecule has 1 saturated heterocycles. The first kappa shape index (κ1) is 17.8. The number of carbonyl (C=O) groups excluding carboxylic acids is 1. The summed E-state index contributed by atoms with van der Waals surface area (Å²) < 4.78 is 16.7. The van der Waals surface area contributed by atoms with Crippen LogP contribution < -0.4 is 0 Å². The van der Waals surface area contributed by atoms with E-state index in [0.717, 1.165) is 11.3 Å². The number of rotatable bonds is 6. The van der Waals surface area contributed by atoms with Crippen molar-refractivity contribution in [1.82, 2.24) is 4.90 Å². The number of nitrogens with zero attached hydrogens (tertiary/aromatic N) is 1. The van der Waals surface area contributed by atoms with Gasteiger partial charge in [-0.05, 0) is 36.7 Å². The summed E-state index contributed by atoms with van der Waals surface area (Å²) in [6.45, 7) is 12.8. The van der Waals surface area contributed by atoms with Crippen LogP contribution in [0.4, 0.5) is 4.79 Å². The van der Waals surface area contributed by atoms with Gasteiger partial charge in [0.2, 0.25) is 0 Å². The van der Waals surface area contributed by atoms with Gasteiger partial charge in [0.05, 0.1) is 12.8 Å². The number of hydrogen-bond donors (Lipinski definition) is 0. The molecule has 5 nitrogen and oxygen atoms in total. The summed E-state index contributed by atoms with van der Waals surface area (Å²) in [5.74, 6) is 0.767. The number of carbonyl (C=O) groups is 1. The average Bonchev–Trinajstić information content (AvgIpc) is 3.08. The van der Waals surface area contributed by atoms with Crippen LogP contribution in [0.2, 0.25) is 18.1 Å². The van der Waals surface area contributed by atoms with E-state index in [4.69, 9.17) is 13.6 Å². The number of amides is 1. The maximum Gasteiger partial charge on any atom is 0.413 e. The quantitative estimate of drug-likeness (QED) is 0.718. The first-order valence-corrected chi connectivity index (χ1v) is 10.9.